The normalized spacial score (nSPS) is 12.3. The van der Waals surface area contributed by atoms with Crippen molar-refractivity contribution in [1.82, 2.24) is 0 Å². The Bertz CT molecular complexity index is 267. The lowest BCUT2D eigenvalue weighted by Gasteiger charge is -2.02. The van der Waals surface area contributed by atoms with Gasteiger partial charge in [-0.1, -0.05) is 13.8 Å². The van der Waals surface area contributed by atoms with Gasteiger partial charge in [0.15, 0.2) is 0 Å². The topological polar surface area (TPSA) is 182 Å². The number of esters is 1. The monoisotopic (exact) mass is 312 g/mol. The second-order valence-electron chi connectivity index (χ2n) is 2.86. The molecule has 0 bridgehead atoms. The van der Waals surface area contributed by atoms with Crippen molar-refractivity contribution in [2.75, 3.05) is 7.11 Å². The summed E-state index contributed by atoms with van der Waals surface area (Å²) in [5.74, 6) is -0.0625. The molecule has 0 aromatic rings. The van der Waals surface area contributed by atoms with Crippen LogP contribution in [0.1, 0.15) is 20.3 Å². The molecule has 10 nitrogen and oxygen atoms in total. The van der Waals surface area contributed by atoms with E-state index in [1.807, 2.05) is 13.8 Å². The molecule has 6 N–H and O–H groups in total. The zero-order valence-electron chi connectivity index (χ0n) is 10.00. The number of hydrogen-bond acceptors (Lipinski definition) is 4. The van der Waals surface area contributed by atoms with E-state index in [1.54, 1.807) is 0 Å². The number of carbonyl (C=O) groups is 1. The van der Waals surface area contributed by atoms with Crippen LogP contribution in [-0.2, 0) is 18.7 Å². The van der Waals surface area contributed by atoms with Gasteiger partial charge in [-0.15, -0.1) is 0 Å². The Balaban J connectivity index is -0.000000197. The summed E-state index contributed by atoms with van der Waals surface area (Å²) < 4.78 is 22.2. The Hall–Kier alpha value is -0.310. The van der Waals surface area contributed by atoms with Gasteiger partial charge in [-0.25, -0.2) is 9.13 Å². The molecule has 0 aromatic heterocycles. The van der Waals surface area contributed by atoms with Crippen LogP contribution in [0, 0.1) is 5.92 Å². The molecule has 0 amide bonds. The van der Waals surface area contributed by atoms with Gasteiger partial charge in [-0.3, -0.25) is 4.79 Å². The van der Waals surface area contributed by atoms with Gasteiger partial charge in [-0.05, 0) is 6.42 Å². The number of phosphoric acid groups is 2. The summed E-state index contributed by atoms with van der Waals surface area (Å²) in [5.41, 5.74) is 0. The number of hydrogen-bond donors (Lipinski definition) is 6. The molecule has 0 heterocycles. The van der Waals surface area contributed by atoms with Crippen molar-refractivity contribution in [3.63, 3.8) is 0 Å². The van der Waals surface area contributed by atoms with Crippen LogP contribution in [0.4, 0.5) is 0 Å². The van der Waals surface area contributed by atoms with Crippen LogP contribution in [0.5, 0.6) is 0 Å². The summed E-state index contributed by atoms with van der Waals surface area (Å²) in [6, 6.07) is 0. The lowest BCUT2D eigenvalue weighted by atomic mass is 10.1. The molecule has 0 aliphatic heterocycles. The molecule has 0 fully saturated rings. The third-order valence-electron chi connectivity index (χ3n) is 1.22. The minimum atomic E-state index is -4.64. The van der Waals surface area contributed by atoms with Gasteiger partial charge in [0.1, 0.15) is 0 Å². The first-order valence-electron chi connectivity index (χ1n) is 4.36. The highest BCUT2D eigenvalue weighted by Gasteiger charge is 2.08. The van der Waals surface area contributed by atoms with E-state index in [0.29, 0.717) is 0 Å². The third-order valence-corrected chi connectivity index (χ3v) is 1.22. The van der Waals surface area contributed by atoms with Crippen molar-refractivity contribution >= 4 is 21.6 Å². The molecule has 0 saturated heterocycles. The summed E-state index contributed by atoms with van der Waals surface area (Å²) >= 11 is 0. The minimum Gasteiger partial charge on any atom is -0.469 e. The molecule has 1 unspecified atom stereocenters. The van der Waals surface area contributed by atoms with E-state index in [9.17, 15) is 4.79 Å². The summed E-state index contributed by atoms with van der Waals surface area (Å²) in [5, 5.41) is 0. The SMILES string of the molecule is CCC(C)C(=O)OC.O=P(O)(O)O.O=P(O)(O)O. The fraction of sp³-hybridized carbons (Fsp3) is 0.833. The van der Waals surface area contributed by atoms with Gasteiger partial charge in [-0.2, -0.15) is 0 Å². The van der Waals surface area contributed by atoms with Gasteiger partial charge in [0.2, 0.25) is 0 Å². The van der Waals surface area contributed by atoms with Gasteiger partial charge in [0, 0.05) is 0 Å². The fourth-order valence-electron chi connectivity index (χ4n) is 0.368. The number of rotatable bonds is 2. The molecular formula is C6H18O10P2. The third kappa shape index (κ3) is 57.3. The van der Waals surface area contributed by atoms with Gasteiger partial charge in [0.05, 0.1) is 13.0 Å². The Labute approximate surface area is 104 Å². The Morgan fingerprint density at radius 1 is 1.06 bits per heavy atom. The predicted molar refractivity (Wildman–Crippen MR) is 60.0 cm³/mol. The van der Waals surface area contributed by atoms with Gasteiger partial charge in [0.25, 0.3) is 0 Å². The minimum absolute atomic E-state index is 0.0556. The zero-order valence-corrected chi connectivity index (χ0v) is 11.8. The van der Waals surface area contributed by atoms with Crippen molar-refractivity contribution in [3.05, 3.63) is 0 Å². The van der Waals surface area contributed by atoms with Crippen molar-refractivity contribution in [3.8, 4) is 0 Å². The molecular weight excluding hydrogens is 294 g/mol. The Morgan fingerprint density at radius 3 is 1.33 bits per heavy atom. The molecule has 0 rings (SSSR count). The van der Waals surface area contributed by atoms with E-state index in [-0.39, 0.29) is 11.9 Å². The molecule has 0 radical (unpaired) electrons. The maximum Gasteiger partial charge on any atom is 0.466 e. The van der Waals surface area contributed by atoms with Gasteiger partial charge >= 0.3 is 21.6 Å². The highest BCUT2D eigenvalue weighted by molar-refractivity contribution is 7.45. The summed E-state index contributed by atoms with van der Waals surface area (Å²) in [6.07, 6.45) is 0.854. The molecule has 112 valence electrons. The molecule has 12 heteroatoms. The number of carbonyl (C=O) groups excluding carboxylic acids is 1. The summed E-state index contributed by atoms with van der Waals surface area (Å²) in [7, 11) is -7.87. The highest BCUT2D eigenvalue weighted by Crippen LogP contribution is 2.26. The fourth-order valence-corrected chi connectivity index (χ4v) is 0.368. The molecule has 18 heavy (non-hydrogen) atoms. The Kier molecular flexibility index (Phi) is 13.4. The van der Waals surface area contributed by atoms with Gasteiger partial charge < -0.3 is 34.1 Å². The van der Waals surface area contributed by atoms with Crippen LogP contribution in [0.25, 0.3) is 0 Å². The van der Waals surface area contributed by atoms with Crippen molar-refractivity contribution in [2.45, 2.75) is 20.3 Å². The van der Waals surface area contributed by atoms with E-state index in [2.05, 4.69) is 4.74 Å². The van der Waals surface area contributed by atoms with E-state index in [4.69, 9.17) is 38.5 Å². The molecule has 1 atom stereocenters. The van der Waals surface area contributed by atoms with E-state index in [1.165, 1.54) is 7.11 Å². The zero-order chi connectivity index (χ0) is 15.6. The van der Waals surface area contributed by atoms with Crippen molar-refractivity contribution in [2.24, 2.45) is 5.92 Å². The van der Waals surface area contributed by atoms with E-state index >= 15 is 0 Å². The molecule has 0 saturated carbocycles. The van der Waals surface area contributed by atoms with Crippen LogP contribution >= 0.6 is 15.6 Å². The molecule has 0 spiro atoms. The molecule has 0 aromatic carbocycles. The van der Waals surface area contributed by atoms with Crippen LogP contribution in [0.15, 0.2) is 0 Å². The average Bonchev–Trinajstić information content (AvgIpc) is 2.10. The first-order valence-corrected chi connectivity index (χ1v) is 7.49. The van der Waals surface area contributed by atoms with Crippen LogP contribution < -0.4 is 0 Å². The van der Waals surface area contributed by atoms with Crippen LogP contribution in [-0.4, -0.2) is 42.4 Å². The second kappa shape index (κ2) is 10.6. The quantitative estimate of drug-likeness (QED) is 0.283. The van der Waals surface area contributed by atoms with Crippen LogP contribution in [0.3, 0.4) is 0 Å². The summed E-state index contributed by atoms with van der Waals surface area (Å²) in [6.45, 7) is 3.81. The largest absolute Gasteiger partial charge is 0.469 e. The van der Waals surface area contributed by atoms with Crippen LogP contribution in [0.2, 0.25) is 0 Å². The Morgan fingerprint density at radius 2 is 1.28 bits per heavy atom. The first kappa shape index (κ1) is 22.8. The summed E-state index contributed by atoms with van der Waals surface area (Å²) in [4.78, 5) is 53.6. The second-order valence-corrected chi connectivity index (χ2v) is 4.91. The van der Waals surface area contributed by atoms with Crippen molar-refractivity contribution in [1.29, 1.82) is 0 Å². The highest BCUT2D eigenvalue weighted by atomic mass is 31.2. The standard InChI is InChI=1S/C6H12O2.2H3O4P/c1-4-5(2)6(7)8-3;2*1-5(2,3)4/h5H,4H2,1-3H3;2*(H3,1,2,3,4). The first-order chi connectivity index (χ1) is 7.72. The lowest BCUT2D eigenvalue weighted by molar-refractivity contribution is -0.144. The number of methoxy groups -OCH3 is 1. The smallest absolute Gasteiger partial charge is 0.466 e. The molecule has 0 aliphatic carbocycles. The van der Waals surface area contributed by atoms with E-state index in [0.717, 1.165) is 6.42 Å². The van der Waals surface area contributed by atoms with Crippen molar-refractivity contribution < 1.29 is 48.0 Å². The molecule has 0 aliphatic rings. The lowest BCUT2D eigenvalue weighted by Crippen LogP contribution is -2.10. The predicted octanol–water partition coefficient (Wildman–Crippen LogP) is -0.652. The average molecular weight is 312 g/mol. The van der Waals surface area contributed by atoms with E-state index < -0.39 is 15.6 Å². The maximum atomic E-state index is 10.5. The maximum absolute atomic E-state index is 10.5. The number of ether oxygens (including phenoxy) is 1.